The Bertz CT molecular complexity index is 437. The van der Waals surface area contributed by atoms with Gasteiger partial charge >= 0.3 is 18.3 Å². The molecule has 9 heteroatoms. The third-order valence-corrected chi connectivity index (χ3v) is 2.48. The summed E-state index contributed by atoms with van der Waals surface area (Å²) in [6.07, 6.45) is -14.6. The van der Waals surface area contributed by atoms with Gasteiger partial charge in [-0.2, -0.15) is 35.1 Å². The summed E-state index contributed by atoms with van der Waals surface area (Å²) in [5, 5.41) is 0. The summed E-state index contributed by atoms with van der Waals surface area (Å²) in [6.45, 7) is -1.92. The summed E-state index contributed by atoms with van der Waals surface area (Å²) in [6, 6.07) is 6.27. The van der Waals surface area contributed by atoms with Crippen molar-refractivity contribution in [1.29, 1.82) is 0 Å². The topological polar surface area (TPSA) is 9.23 Å². The molecule has 0 aliphatic carbocycles. The monoisotopic (exact) mass is 322 g/mol. The highest BCUT2D eigenvalue weighted by molar-refractivity contribution is 5.18. The summed E-state index contributed by atoms with van der Waals surface area (Å²) in [7, 11) is 0. The number of rotatable bonds is 5. The zero-order valence-electron chi connectivity index (χ0n) is 10.3. The van der Waals surface area contributed by atoms with Crippen LogP contribution in [0, 0.1) is 0 Å². The van der Waals surface area contributed by atoms with Crippen molar-refractivity contribution in [2.75, 3.05) is 6.61 Å². The van der Waals surface area contributed by atoms with E-state index in [2.05, 4.69) is 4.74 Å². The SMILES string of the molecule is FC(F)(F)COC(CC(F)(F)C(F)(F)F)c1ccccc1. The maximum absolute atomic E-state index is 13.0. The number of hydrogen-bond donors (Lipinski definition) is 0. The van der Waals surface area contributed by atoms with Crippen molar-refractivity contribution >= 4 is 0 Å². The van der Waals surface area contributed by atoms with E-state index < -0.39 is 37.4 Å². The van der Waals surface area contributed by atoms with Gasteiger partial charge in [-0.05, 0) is 5.56 Å². The van der Waals surface area contributed by atoms with Crippen LogP contribution in [0.4, 0.5) is 35.1 Å². The maximum Gasteiger partial charge on any atom is 0.453 e. The third kappa shape index (κ3) is 5.49. The first-order valence-electron chi connectivity index (χ1n) is 5.60. The second kappa shape index (κ2) is 6.17. The first-order valence-corrected chi connectivity index (χ1v) is 5.60. The van der Waals surface area contributed by atoms with E-state index in [1.165, 1.54) is 18.2 Å². The van der Waals surface area contributed by atoms with E-state index in [9.17, 15) is 35.1 Å². The minimum Gasteiger partial charge on any atom is -0.364 e. The van der Waals surface area contributed by atoms with Crippen molar-refractivity contribution in [1.82, 2.24) is 0 Å². The molecule has 0 amide bonds. The molecule has 1 nitrogen and oxygen atoms in total. The molecule has 120 valence electrons. The Balaban J connectivity index is 2.93. The lowest BCUT2D eigenvalue weighted by atomic mass is 10.0. The van der Waals surface area contributed by atoms with Crippen LogP contribution in [0.25, 0.3) is 0 Å². The van der Waals surface area contributed by atoms with Crippen LogP contribution in [-0.2, 0) is 4.74 Å². The van der Waals surface area contributed by atoms with Crippen LogP contribution in [0.3, 0.4) is 0 Å². The van der Waals surface area contributed by atoms with E-state index in [1.807, 2.05) is 0 Å². The number of halogens is 8. The first kappa shape index (κ1) is 17.7. The van der Waals surface area contributed by atoms with Crippen molar-refractivity contribution in [2.24, 2.45) is 0 Å². The lowest BCUT2D eigenvalue weighted by Gasteiger charge is -2.26. The molecule has 1 aromatic rings. The van der Waals surface area contributed by atoms with Crippen LogP contribution >= 0.6 is 0 Å². The molecule has 0 aliphatic rings. The molecular formula is C12H10F8O. The van der Waals surface area contributed by atoms with Gasteiger partial charge in [-0.1, -0.05) is 30.3 Å². The molecular weight excluding hydrogens is 312 g/mol. The van der Waals surface area contributed by atoms with Crippen LogP contribution in [0.1, 0.15) is 18.1 Å². The number of benzene rings is 1. The molecule has 0 N–H and O–H groups in total. The van der Waals surface area contributed by atoms with Crippen LogP contribution in [0.2, 0.25) is 0 Å². The van der Waals surface area contributed by atoms with Crippen molar-refractivity contribution in [3.05, 3.63) is 35.9 Å². The Kier molecular flexibility index (Phi) is 5.19. The predicted octanol–water partition coefficient (Wildman–Crippen LogP) is 4.89. The van der Waals surface area contributed by atoms with Gasteiger partial charge in [0.1, 0.15) is 6.61 Å². The Morgan fingerprint density at radius 3 is 1.81 bits per heavy atom. The van der Waals surface area contributed by atoms with Gasteiger partial charge in [0.15, 0.2) is 0 Å². The van der Waals surface area contributed by atoms with Crippen LogP contribution < -0.4 is 0 Å². The molecule has 21 heavy (non-hydrogen) atoms. The van der Waals surface area contributed by atoms with Gasteiger partial charge in [-0.25, -0.2) is 0 Å². The molecule has 1 aromatic carbocycles. The molecule has 1 rings (SSSR count). The normalized spacial score (nSPS) is 15.0. The molecule has 0 aliphatic heterocycles. The second-order valence-corrected chi connectivity index (χ2v) is 4.23. The average Bonchev–Trinajstić information content (AvgIpc) is 2.33. The summed E-state index contributed by atoms with van der Waals surface area (Å²) >= 11 is 0. The van der Waals surface area contributed by atoms with Crippen LogP contribution in [0.15, 0.2) is 30.3 Å². The van der Waals surface area contributed by atoms with Gasteiger partial charge in [-0.3, -0.25) is 0 Å². The van der Waals surface area contributed by atoms with E-state index in [0.29, 0.717) is 0 Å². The number of alkyl halides is 8. The van der Waals surface area contributed by atoms with Crippen molar-refractivity contribution in [2.45, 2.75) is 30.8 Å². The fourth-order valence-electron chi connectivity index (χ4n) is 1.48. The largest absolute Gasteiger partial charge is 0.453 e. The minimum atomic E-state index is -5.86. The van der Waals surface area contributed by atoms with E-state index in [1.54, 1.807) is 0 Å². The van der Waals surface area contributed by atoms with Gasteiger partial charge in [0.05, 0.1) is 12.5 Å². The fraction of sp³-hybridized carbons (Fsp3) is 0.500. The molecule has 0 fully saturated rings. The standard InChI is InChI=1S/C12H10F8O/c13-10(14,12(18,19)20)6-9(21-7-11(15,16)17)8-4-2-1-3-5-8/h1-5,9H,6-7H2. The van der Waals surface area contributed by atoms with E-state index in [-0.39, 0.29) is 5.56 Å². The van der Waals surface area contributed by atoms with Crippen LogP contribution in [0.5, 0.6) is 0 Å². The lowest BCUT2D eigenvalue weighted by molar-refractivity contribution is -0.294. The van der Waals surface area contributed by atoms with E-state index in [4.69, 9.17) is 0 Å². The Morgan fingerprint density at radius 1 is 0.857 bits per heavy atom. The first-order chi connectivity index (χ1) is 9.42. The van der Waals surface area contributed by atoms with Gasteiger partial charge in [0, 0.05) is 0 Å². The highest BCUT2D eigenvalue weighted by atomic mass is 19.4. The van der Waals surface area contributed by atoms with Gasteiger partial charge in [0.2, 0.25) is 0 Å². The summed E-state index contributed by atoms with van der Waals surface area (Å²) in [4.78, 5) is 0. The summed E-state index contributed by atoms with van der Waals surface area (Å²) in [5.41, 5.74) is -0.189. The highest BCUT2D eigenvalue weighted by Gasteiger charge is 2.58. The Labute approximate surface area is 114 Å². The molecule has 0 bridgehead atoms. The van der Waals surface area contributed by atoms with Gasteiger partial charge in [0.25, 0.3) is 0 Å². The van der Waals surface area contributed by atoms with Crippen molar-refractivity contribution < 1.29 is 39.9 Å². The van der Waals surface area contributed by atoms with E-state index in [0.717, 1.165) is 12.1 Å². The second-order valence-electron chi connectivity index (χ2n) is 4.23. The zero-order chi connectivity index (χ0) is 16.3. The fourth-order valence-corrected chi connectivity index (χ4v) is 1.48. The van der Waals surface area contributed by atoms with Gasteiger partial charge in [-0.15, -0.1) is 0 Å². The smallest absolute Gasteiger partial charge is 0.364 e. The van der Waals surface area contributed by atoms with Crippen molar-refractivity contribution in [3.63, 3.8) is 0 Å². The molecule has 0 radical (unpaired) electrons. The van der Waals surface area contributed by atoms with Gasteiger partial charge < -0.3 is 4.74 Å². The average molecular weight is 322 g/mol. The Morgan fingerprint density at radius 2 is 1.38 bits per heavy atom. The quantitative estimate of drug-likeness (QED) is 0.701. The van der Waals surface area contributed by atoms with E-state index >= 15 is 0 Å². The van der Waals surface area contributed by atoms with Crippen molar-refractivity contribution in [3.8, 4) is 0 Å². The third-order valence-electron chi connectivity index (χ3n) is 2.48. The summed E-state index contributed by atoms with van der Waals surface area (Å²) < 4.78 is 103. The molecule has 1 atom stereocenters. The maximum atomic E-state index is 13.0. The summed E-state index contributed by atoms with van der Waals surface area (Å²) in [5.74, 6) is -5.15. The molecule has 0 spiro atoms. The number of hydrogen-bond acceptors (Lipinski definition) is 1. The highest BCUT2D eigenvalue weighted by Crippen LogP contribution is 2.43. The molecule has 0 aromatic heterocycles. The molecule has 0 saturated heterocycles. The molecule has 0 heterocycles. The number of ether oxygens (including phenoxy) is 1. The lowest BCUT2D eigenvalue weighted by Crippen LogP contribution is -2.38. The van der Waals surface area contributed by atoms with Crippen LogP contribution in [-0.4, -0.2) is 24.9 Å². The zero-order valence-corrected chi connectivity index (χ0v) is 10.3. The molecule has 0 saturated carbocycles. The molecule has 1 unspecified atom stereocenters. The Hall–Kier alpha value is -1.38. The minimum absolute atomic E-state index is 0.189. The predicted molar refractivity (Wildman–Crippen MR) is 56.8 cm³/mol.